The molecule has 22 heteroatoms. The number of piperidine rings is 3. The molecule has 4 amide bonds. The average molecular weight is 931 g/mol. The molecule has 4 aliphatic heterocycles. The molecule has 5 aromatic rings. The molecule has 4 fully saturated rings. The van der Waals surface area contributed by atoms with E-state index < -0.39 is 47.9 Å². The van der Waals surface area contributed by atoms with Crippen LogP contribution < -0.4 is 25.8 Å². The van der Waals surface area contributed by atoms with Gasteiger partial charge in [0.1, 0.15) is 23.2 Å². The van der Waals surface area contributed by atoms with Crippen LogP contribution in [-0.4, -0.2) is 151 Å². The number of halogens is 3. The Hall–Kier alpha value is -6.29. The van der Waals surface area contributed by atoms with Crippen molar-refractivity contribution in [2.45, 2.75) is 89.1 Å². The van der Waals surface area contributed by atoms with Crippen molar-refractivity contribution < 1.29 is 37.1 Å². The number of likely N-dealkylation sites (tertiary alicyclic amines) is 1. The van der Waals surface area contributed by atoms with Crippen molar-refractivity contribution in [2.75, 3.05) is 80.6 Å². The van der Waals surface area contributed by atoms with E-state index in [2.05, 4.69) is 63.1 Å². The monoisotopic (exact) mass is 930 g/mol. The van der Waals surface area contributed by atoms with Gasteiger partial charge in [-0.2, -0.15) is 15.3 Å². The minimum absolute atomic E-state index is 0.0189. The lowest BCUT2D eigenvalue weighted by Gasteiger charge is -2.38. The molecule has 1 unspecified atom stereocenters. The van der Waals surface area contributed by atoms with Gasteiger partial charge in [-0.25, -0.2) is 27.5 Å². The lowest BCUT2D eigenvalue weighted by molar-refractivity contribution is -0.134. The molecule has 8 heterocycles. The second-order valence-corrected chi connectivity index (χ2v) is 19.0. The normalized spacial score (nSPS) is 21.6. The molecule has 3 atom stereocenters. The molecular formula is C45H57F3N14O5. The van der Waals surface area contributed by atoms with Crippen LogP contribution in [0.1, 0.15) is 93.0 Å². The van der Waals surface area contributed by atoms with Crippen LogP contribution in [0.3, 0.4) is 0 Å². The van der Waals surface area contributed by atoms with Crippen molar-refractivity contribution in [3.05, 3.63) is 59.8 Å². The van der Waals surface area contributed by atoms with Crippen LogP contribution >= 0.6 is 0 Å². The first kappa shape index (κ1) is 45.8. The van der Waals surface area contributed by atoms with Crippen molar-refractivity contribution in [2.24, 2.45) is 7.05 Å². The number of aryl methyl sites for hydroxylation is 1. The van der Waals surface area contributed by atoms with Gasteiger partial charge in [0.2, 0.25) is 11.8 Å². The summed E-state index contributed by atoms with van der Waals surface area (Å²) in [4.78, 5) is 63.9. The van der Waals surface area contributed by atoms with Crippen LogP contribution in [0, 0.1) is 0 Å². The van der Waals surface area contributed by atoms with Crippen molar-refractivity contribution in [3.63, 3.8) is 0 Å². The number of imide groups is 1. The maximum absolute atomic E-state index is 14.9. The minimum Gasteiger partial charge on any atom is -0.444 e. The number of rotatable bonds is 11. The molecule has 1 aromatic carbocycles. The van der Waals surface area contributed by atoms with Crippen molar-refractivity contribution in [3.8, 4) is 0 Å². The Morgan fingerprint density at radius 3 is 2.42 bits per heavy atom. The molecule has 0 bridgehead atoms. The summed E-state index contributed by atoms with van der Waals surface area (Å²) in [5.74, 6) is -1.32. The van der Waals surface area contributed by atoms with Gasteiger partial charge in [-0.05, 0) is 64.3 Å². The molecule has 3 N–H and O–H groups in total. The lowest BCUT2D eigenvalue weighted by Crippen LogP contribution is -2.52. The molecule has 67 heavy (non-hydrogen) atoms. The Morgan fingerprint density at radius 1 is 0.955 bits per heavy atom. The van der Waals surface area contributed by atoms with Crippen LogP contribution in [-0.2, 0) is 21.4 Å². The molecule has 9 rings (SSSR count). The zero-order valence-electron chi connectivity index (χ0n) is 38.1. The summed E-state index contributed by atoms with van der Waals surface area (Å²) in [7, 11) is 1.88. The highest BCUT2D eigenvalue weighted by Gasteiger charge is 2.34. The van der Waals surface area contributed by atoms with Gasteiger partial charge in [-0.1, -0.05) is 0 Å². The summed E-state index contributed by atoms with van der Waals surface area (Å²) in [6.07, 6.45) is 1.78. The number of nitrogens with one attached hydrogen (secondary N) is 3. The number of benzene rings is 1. The Bertz CT molecular complexity index is 2650. The molecular weight excluding hydrogens is 874 g/mol. The third-order valence-corrected chi connectivity index (χ3v) is 13.1. The minimum atomic E-state index is -2.93. The Labute approximate surface area is 384 Å². The largest absolute Gasteiger partial charge is 0.444 e. The van der Waals surface area contributed by atoms with Gasteiger partial charge in [0.25, 0.3) is 12.3 Å². The van der Waals surface area contributed by atoms with Crippen molar-refractivity contribution in [1.29, 1.82) is 0 Å². The van der Waals surface area contributed by atoms with Crippen LogP contribution in [0.25, 0.3) is 16.6 Å². The second-order valence-electron chi connectivity index (χ2n) is 19.0. The van der Waals surface area contributed by atoms with Gasteiger partial charge in [-0.15, -0.1) is 0 Å². The first-order valence-electron chi connectivity index (χ1n) is 23.0. The standard InChI is InChI=1S/C45H57F3N14O5/c1-45(2,3)67-44(66)50-28-21-27(46)24-60(25-28)36-11-14-61-41(52-36)33(23-49-61)43(65)51-34-26-62(55-39(34)40(47)48)29-9-12-57(13-10-29)15-16-58-17-19-59(20-18-58)30-5-6-31-35(22-30)56(4)54-38(31)32-7-8-37(63)53-42(32)64/h5-6,11,14,22-23,26-29,32,40H,7-10,12-13,15-21,24-25H2,1-4H3,(H,50,66)(H,51,65)(H,53,63,64)/t27-,28-,32?/m1/s1. The summed E-state index contributed by atoms with van der Waals surface area (Å²) in [6.45, 7) is 12.4. The second kappa shape index (κ2) is 18.8. The number of amides is 4. The fourth-order valence-corrected chi connectivity index (χ4v) is 9.64. The summed E-state index contributed by atoms with van der Waals surface area (Å²) in [5.41, 5.74) is 1.60. The molecule has 0 aliphatic carbocycles. The zero-order valence-corrected chi connectivity index (χ0v) is 38.1. The van der Waals surface area contributed by atoms with Crippen LogP contribution in [0.5, 0.6) is 0 Å². The van der Waals surface area contributed by atoms with E-state index in [1.165, 1.54) is 16.9 Å². The quantitative estimate of drug-likeness (QED) is 0.158. The van der Waals surface area contributed by atoms with E-state index in [1.54, 1.807) is 42.6 Å². The summed E-state index contributed by atoms with van der Waals surface area (Å²) in [5, 5.41) is 21.9. The van der Waals surface area contributed by atoms with Gasteiger partial charge in [-0.3, -0.25) is 34.0 Å². The Balaban J connectivity index is 0.766. The molecule has 0 saturated carbocycles. The van der Waals surface area contributed by atoms with Gasteiger partial charge < -0.3 is 30.1 Å². The third kappa shape index (κ3) is 10.2. The molecule has 4 aromatic heterocycles. The molecule has 0 spiro atoms. The fourth-order valence-electron chi connectivity index (χ4n) is 9.64. The third-order valence-electron chi connectivity index (χ3n) is 13.1. The van der Waals surface area contributed by atoms with Crippen LogP contribution in [0.2, 0.25) is 0 Å². The molecule has 0 radical (unpaired) electrons. The highest BCUT2D eigenvalue weighted by atomic mass is 19.3. The Morgan fingerprint density at radius 2 is 1.70 bits per heavy atom. The number of carbonyl (C=O) groups excluding carboxylic acids is 4. The summed E-state index contributed by atoms with van der Waals surface area (Å²) in [6, 6.07) is 7.19. The van der Waals surface area contributed by atoms with E-state index in [9.17, 15) is 32.3 Å². The number of piperazine rings is 1. The number of fused-ring (bicyclic) bond motifs is 2. The number of carbonyl (C=O) groups is 4. The number of alkyl carbamates (subject to hydrolysis) is 1. The zero-order chi connectivity index (χ0) is 47.1. The van der Waals surface area contributed by atoms with Crippen molar-refractivity contribution in [1.82, 2.24) is 54.6 Å². The molecule has 4 saturated heterocycles. The van der Waals surface area contributed by atoms with Crippen LogP contribution in [0.15, 0.2) is 42.9 Å². The number of alkyl halides is 3. The Kier molecular flexibility index (Phi) is 12.8. The van der Waals surface area contributed by atoms with E-state index in [4.69, 9.17) is 4.74 Å². The first-order valence-corrected chi connectivity index (χ1v) is 23.0. The molecule has 358 valence electrons. The van der Waals surface area contributed by atoms with E-state index in [0.29, 0.717) is 37.2 Å². The number of aromatic nitrogens is 7. The topological polar surface area (TPSA) is 192 Å². The predicted octanol–water partition coefficient (Wildman–Crippen LogP) is 4.42. The number of ether oxygens (including phenoxy) is 1. The van der Waals surface area contributed by atoms with E-state index in [1.807, 2.05) is 17.8 Å². The smallest absolute Gasteiger partial charge is 0.407 e. The number of anilines is 3. The molecule has 4 aliphatic rings. The summed E-state index contributed by atoms with van der Waals surface area (Å²) >= 11 is 0. The first-order chi connectivity index (χ1) is 32.0. The van der Waals surface area contributed by atoms with E-state index >= 15 is 0 Å². The number of hydrogen-bond donors (Lipinski definition) is 3. The van der Waals surface area contributed by atoms with Crippen molar-refractivity contribution >= 4 is 57.6 Å². The number of hydrogen-bond acceptors (Lipinski definition) is 13. The number of nitrogens with zero attached hydrogens (tertiary/aromatic N) is 11. The lowest BCUT2D eigenvalue weighted by atomic mass is 9.93. The van der Waals surface area contributed by atoms with Gasteiger partial charge in [0, 0.05) is 102 Å². The molecule has 19 nitrogen and oxygen atoms in total. The van der Waals surface area contributed by atoms with Gasteiger partial charge in [0.15, 0.2) is 11.3 Å². The van der Waals surface area contributed by atoms with E-state index in [0.717, 1.165) is 68.9 Å². The summed E-state index contributed by atoms with van der Waals surface area (Å²) < 4.78 is 53.8. The maximum Gasteiger partial charge on any atom is 0.407 e. The highest BCUT2D eigenvalue weighted by molar-refractivity contribution is 6.08. The predicted molar refractivity (Wildman–Crippen MR) is 242 cm³/mol. The average Bonchev–Trinajstić information content (AvgIpc) is 4.00. The van der Waals surface area contributed by atoms with E-state index in [-0.39, 0.29) is 54.3 Å². The van der Waals surface area contributed by atoms with Crippen LogP contribution in [0.4, 0.5) is 35.2 Å². The SMILES string of the molecule is Cn1nc(C2CCC(=O)NC2=O)c2ccc(N3CCN(CCN4CCC(n5cc(NC(=O)c6cnn7ccc(N8C[C@H](F)C[C@@H](NC(=O)OC(C)(C)C)C8)nc67)c(C(F)F)n5)CC4)CC3)cc21. The van der Waals surface area contributed by atoms with Gasteiger partial charge >= 0.3 is 6.09 Å². The maximum atomic E-state index is 14.9. The highest BCUT2D eigenvalue weighted by Crippen LogP contribution is 2.34. The van der Waals surface area contributed by atoms with Gasteiger partial charge in [0.05, 0.1) is 47.6 Å². The fraction of sp³-hybridized carbons (Fsp3) is 0.556.